The van der Waals surface area contributed by atoms with Gasteiger partial charge >= 0.3 is 0 Å². The number of rotatable bonds is 3. The topological polar surface area (TPSA) is 42.0 Å². The second kappa shape index (κ2) is 8.51. The number of carbonyl (C=O) groups is 1. The molecule has 0 aliphatic rings. The lowest BCUT2D eigenvalue weighted by Gasteiger charge is -2.17. The van der Waals surface area contributed by atoms with Crippen molar-refractivity contribution in [2.24, 2.45) is 0 Å². The van der Waals surface area contributed by atoms with E-state index in [-0.39, 0.29) is 5.91 Å². The number of benzene rings is 3. The van der Waals surface area contributed by atoms with Gasteiger partial charge in [0.05, 0.1) is 32.5 Å². The van der Waals surface area contributed by atoms with Crippen molar-refractivity contribution in [1.29, 1.82) is 0 Å². The zero-order chi connectivity index (χ0) is 22.3. The van der Waals surface area contributed by atoms with Crippen LogP contribution in [0.25, 0.3) is 22.2 Å². The maximum atomic E-state index is 13.5. The van der Waals surface area contributed by atoms with Crippen LogP contribution >= 0.6 is 34.8 Å². The molecule has 0 unspecified atom stereocenters. The Bertz CT molecular complexity index is 1330. The van der Waals surface area contributed by atoms with Gasteiger partial charge in [-0.3, -0.25) is 4.79 Å². The van der Waals surface area contributed by atoms with E-state index in [1.165, 1.54) is 0 Å². The minimum absolute atomic E-state index is 0.269. The Morgan fingerprint density at radius 1 is 0.935 bits per heavy atom. The molecule has 1 heterocycles. The third kappa shape index (κ3) is 4.14. The van der Waals surface area contributed by atoms with Crippen molar-refractivity contribution in [3.63, 3.8) is 0 Å². The monoisotopic (exact) mass is 468 g/mol. The lowest BCUT2D eigenvalue weighted by atomic mass is 9.94. The fourth-order valence-electron chi connectivity index (χ4n) is 3.78. The predicted octanol–water partition coefficient (Wildman–Crippen LogP) is 8.04. The summed E-state index contributed by atoms with van der Waals surface area (Å²) in [5, 5.41) is 5.04. The molecule has 4 aromatic rings. The van der Waals surface area contributed by atoms with Crippen LogP contribution in [0.15, 0.2) is 54.6 Å². The van der Waals surface area contributed by atoms with Gasteiger partial charge in [0.1, 0.15) is 0 Å². The van der Waals surface area contributed by atoms with Crippen LogP contribution in [-0.4, -0.2) is 10.9 Å². The molecule has 6 heteroatoms. The Labute approximate surface area is 196 Å². The number of carbonyl (C=O) groups excluding carboxylic acids is 1. The molecule has 0 fully saturated rings. The molecule has 0 radical (unpaired) electrons. The first-order valence-electron chi connectivity index (χ1n) is 9.69. The second-order valence-electron chi connectivity index (χ2n) is 7.50. The Morgan fingerprint density at radius 2 is 1.65 bits per heavy atom. The minimum atomic E-state index is -0.269. The van der Waals surface area contributed by atoms with Crippen LogP contribution in [0.2, 0.25) is 15.1 Å². The molecule has 4 rings (SSSR count). The lowest BCUT2D eigenvalue weighted by Crippen LogP contribution is -2.16. The number of pyridine rings is 1. The Kier molecular flexibility index (Phi) is 5.94. The van der Waals surface area contributed by atoms with Crippen LogP contribution in [0.4, 0.5) is 5.69 Å². The van der Waals surface area contributed by atoms with E-state index < -0.39 is 0 Å². The van der Waals surface area contributed by atoms with Crippen molar-refractivity contribution < 1.29 is 4.79 Å². The number of anilines is 1. The molecule has 1 N–H and O–H groups in total. The van der Waals surface area contributed by atoms with Gasteiger partial charge in [0.25, 0.3) is 5.91 Å². The highest BCUT2D eigenvalue weighted by molar-refractivity contribution is 6.44. The van der Waals surface area contributed by atoms with Gasteiger partial charge in [-0.05, 0) is 62.2 Å². The number of aromatic nitrogens is 1. The fraction of sp³-hybridized carbons (Fsp3) is 0.120. The standard InChI is InChI=1S/C25H19Cl3N2O/c1-13-11-14(2)23-18(12-13)21(25(31)29-20-6-4-5-19(27)22(20)28)15(3)24(30-23)16-7-9-17(26)10-8-16/h4-12H,1-3H3,(H,29,31). The van der Waals surface area contributed by atoms with Crippen LogP contribution in [0.3, 0.4) is 0 Å². The molecule has 0 atom stereocenters. The quantitative estimate of drug-likeness (QED) is 0.330. The Morgan fingerprint density at radius 3 is 2.35 bits per heavy atom. The number of halogens is 3. The summed E-state index contributed by atoms with van der Waals surface area (Å²) < 4.78 is 0. The van der Waals surface area contributed by atoms with Crippen molar-refractivity contribution >= 4 is 57.3 Å². The van der Waals surface area contributed by atoms with E-state index in [0.717, 1.165) is 38.9 Å². The molecule has 0 aliphatic heterocycles. The molecule has 0 aliphatic carbocycles. The average molecular weight is 470 g/mol. The zero-order valence-electron chi connectivity index (χ0n) is 17.2. The summed E-state index contributed by atoms with van der Waals surface area (Å²) in [6.45, 7) is 5.91. The second-order valence-corrected chi connectivity index (χ2v) is 8.72. The molecule has 0 saturated heterocycles. The maximum absolute atomic E-state index is 13.5. The summed E-state index contributed by atoms with van der Waals surface area (Å²) in [6.07, 6.45) is 0. The molecule has 3 aromatic carbocycles. The highest BCUT2D eigenvalue weighted by Crippen LogP contribution is 2.34. The van der Waals surface area contributed by atoms with Crippen LogP contribution in [0.1, 0.15) is 27.0 Å². The van der Waals surface area contributed by atoms with Crippen molar-refractivity contribution in [2.75, 3.05) is 5.32 Å². The van der Waals surface area contributed by atoms with E-state index in [2.05, 4.69) is 11.4 Å². The average Bonchev–Trinajstić information content (AvgIpc) is 2.71. The normalized spacial score (nSPS) is 11.0. The molecule has 0 saturated carbocycles. The fourth-order valence-corrected chi connectivity index (χ4v) is 4.26. The highest BCUT2D eigenvalue weighted by Gasteiger charge is 2.21. The first-order chi connectivity index (χ1) is 14.8. The summed E-state index contributed by atoms with van der Waals surface area (Å²) >= 11 is 18.5. The lowest BCUT2D eigenvalue weighted by molar-refractivity contribution is 0.102. The number of nitrogens with zero attached hydrogens (tertiary/aromatic N) is 1. The number of hydrogen-bond acceptors (Lipinski definition) is 2. The maximum Gasteiger partial charge on any atom is 0.256 e. The number of fused-ring (bicyclic) bond motifs is 1. The Balaban J connectivity index is 1.95. The van der Waals surface area contributed by atoms with E-state index in [0.29, 0.717) is 26.3 Å². The van der Waals surface area contributed by atoms with Crippen molar-refractivity contribution in [3.8, 4) is 11.3 Å². The number of nitrogens with one attached hydrogen (secondary N) is 1. The van der Waals surface area contributed by atoms with Gasteiger partial charge in [0, 0.05) is 16.0 Å². The third-order valence-corrected chi connectivity index (χ3v) is 6.28. The smallest absolute Gasteiger partial charge is 0.256 e. The van der Waals surface area contributed by atoms with Gasteiger partial charge in [-0.2, -0.15) is 0 Å². The molecule has 31 heavy (non-hydrogen) atoms. The molecule has 0 spiro atoms. The molecule has 1 amide bonds. The summed E-state index contributed by atoms with van der Waals surface area (Å²) in [5.41, 5.74) is 6.25. The molecule has 0 bridgehead atoms. The Hall–Kier alpha value is -2.59. The van der Waals surface area contributed by atoms with Gasteiger partial charge < -0.3 is 5.32 Å². The number of amides is 1. The number of aryl methyl sites for hydroxylation is 2. The summed E-state index contributed by atoms with van der Waals surface area (Å²) in [6, 6.07) is 16.6. The van der Waals surface area contributed by atoms with Crippen molar-refractivity contribution in [3.05, 3.63) is 91.9 Å². The molecule has 3 nitrogen and oxygen atoms in total. The third-order valence-electron chi connectivity index (χ3n) is 5.21. The number of hydrogen-bond donors (Lipinski definition) is 1. The molecule has 156 valence electrons. The highest BCUT2D eigenvalue weighted by atomic mass is 35.5. The molecule has 1 aromatic heterocycles. The van der Waals surface area contributed by atoms with Crippen LogP contribution in [0, 0.1) is 20.8 Å². The SMILES string of the molecule is Cc1cc(C)c2nc(-c3ccc(Cl)cc3)c(C)c(C(=O)Nc3cccc(Cl)c3Cl)c2c1. The van der Waals surface area contributed by atoms with Crippen molar-refractivity contribution in [1.82, 2.24) is 4.98 Å². The van der Waals surface area contributed by atoms with E-state index in [9.17, 15) is 4.79 Å². The van der Waals surface area contributed by atoms with Gasteiger partial charge in [0.15, 0.2) is 0 Å². The van der Waals surface area contributed by atoms with E-state index in [1.54, 1.807) is 18.2 Å². The van der Waals surface area contributed by atoms with E-state index in [1.807, 2.05) is 51.1 Å². The minimum Gasteiger partial charge on any atom is -0.321 e. The summed E-state index contributed by atoms with van der Waals surface area (Å²) in [5.74, 6) is -0.269. The van der Waals surface area contributed by atoms with E-state index in [4.69, 9.17) is 39.8 Å². The summed E-state index contributed by atoms with van der Waals surface area (Å²) in [7, 11) is 0. The van der Waals surface area contributed by atoms with Crippen LogP contribution < -0.4 is 5.32 Å². The predicted molar refractivity (Wildman–Crippen MR) is 131 cm³/mol. The van der Waals surface area contributed by atoms with Gasteiger partial charge in [0.2, 0.25) is 0 Å². The van der Waals surface area contributed by atoms with Gasteiger partial charge in [-0.25, -0.2) is 4.98 Å². The first kappa shape index (κ1) is 21.6. The van der Waals surface area contributed by atoms with Crippen LogP contribution in [-0.2, 0) is 0 Å². The first-order valence-corrected chi connectivity index (χ1v) is 10.8. The zero-order valence-corrected chi connectivity index (χ0v) is 19.5. The van der Waals surface area contributed by atoms with E-state index >= 15 is 0 Å². The van der Waals surface area contributed by atoms with Gasteiger partial charge in [-0.1, -0.05) is 64.6 Å². The molecular weight excluding hydrogens is 451 g/mol. The summed E-state index contributed by atoms with van der Waals surface area (Å²) in [4.78, 5) is 18.4. The largest absolute Gasteiger partial charge is 0.321 e. The van der Waals surface area contributed by atoms with Crippen LogP contribution in [0.5, 0.6) is 0 Å². The van der Waals surface area contributed by atoms with Gasteiger partial charge in [-0.15, -0.1) is 0 Å². The van der Waals surface area contributed by atoms with Crippen molar-refractivity contribution in [2.45, 2.75) is 20.8 Å². The molecular formula is C25H19Cl3N2O.